The number of rotatable bonds is 3. The summed E-state index contributed by atoms with van der Waals surface area (Å²) in [5.74, 6) is 0.929. The molecule has 0 spiro atoms. The van der Waals surface area contributed by atoms with Crippen molar-refractivity contribution in [3.8, 4) is 11.5 Å². The van der Waals surface area contributed by atoms with Crippen LogP contribution < -0.4 is 9.47 Å². The van der Waals surface area contributed by atoms with E-state index in [2.05, 4.69) is 0 Å². The van der Waals surface area contributed by atoms with Gasteiger partial charge in [-0.15, -0.1) is 0 Å². The number of nitrogens with zero attached hydrogens (tertiary/aromatic N) is 2. The molecule has 1 unspecified atom stereocenters. The van der Waals surface area contributed by atoms with E-state index in [9.17, 15) is 14.0 Å². The Bertz CT molecular complexity index is 703. The molecule has 1 aromatic carbocycles. The Labute approximate surface area is 151 Å². The molecule has 0 aromatic heterocycles. The summed E-state index contributed by atoms with van der Waals surface area (Å²) < 4.78 is 24.0. The van der Waals surface area contributed by atoms with E-state index in [0.29, 0.717) is 56.3 Å². The maximum Gasteiger partial charge on any atom is 0.257 e. The van der Waals surface area contributed by atoms with Crippen molar-refractivity contribution in [3.05, 3.63) is 23.8 Å². The highest BCUT2D eigenvalue weighted by Crippen LogP contribution is 2.35. The summed E-state index contributed by atoms with van der Waals surface area (Å²) in [4.78, 5) is 28.6. The standard InChI is InChI=1S/C19H23FN2O4/c20-11-13-10-17(23)22(12-13)14-4-6-21(7-5-14)19(24)15-2-1-3-16-18(15)26-9-8-25-16/h1-3,13-14H,4-12H2. The van der Waals surface area contributed by atoms with Gasteiger partial charge in [-0.25, -0.2) is 0 Å². The van der Waals surface area contributed by atoms with Crippen molar-refractivity contribution in [3.63, 3.8) is 0 Å². The Morgan fingerprint density at radius 1 is 1.19 bits per heavy atom. The highest BCUT2D eigenvalue weighted by molar-refractivity contribution is 5.98. The summed E-state index contributed by atoms with van der Waals surface area (Å²) in [5.41, 5.74) is 0.524. The van der Waals surface area contributed by atoms with E-state index < -0.39 is 6.67 Å². The number of fused-ring (bicyclic) bond motifs is 1. The number of carbonyl (C=O) groups excluding carboxylic acids is 2. The molecule has 3 heterocycles. The highest BCUT2D eigenvalue weighted by Gasteiger charge is 2.37. The molecule has 0 saturated carbocycles. The lowest BCUT2D eigenvalue weighted by Crippen LogP contribution is -2.47. The van der Waals surface area contributed by atoms with Crippen molar-refractivity contribution in [2.45, 2.75) is 25.3 Å². The number of hydrogen-bond donors (Lipinski definition) is 0. The zero-order valence-corrected chi connectivity index (χ0v) is 14.7. The molecule has 3 aliphatic heterocycles. The number of halogens is 1. The van der Waals surface area contributed by atoms with E-state index >= 15 is 0 Å². The van der Waals surface area contributed by atoms with Gasteiger partial charge in [-0.05, 0) is 25.0 Å². The lowest BCUT2D eigenvalue weighted by Gasteiger charge is -2.37. The molecule has 0 bridgehead atoms. The summed E-state index contributed by atoms with van der Waals surface area (Å²) in [7, 11) is 0. The van der Waals surface area contributed by atoms with Crippen LogP contribution in [0.1, 0.15) is 29.6 Å². The first-order chi connectivity index (χ1) is 12.7. The molecular formula is C19H23FN2O4. The summed E-state index contributed by atoms with van der Waals surface area (Å²) in [6, 6.07) is 5.47. The Kier molecular flexibility index (Phi) is 4.70. The molecule has 2 amide bonds. The fourth-order valence-electron chi connectivity index (χ4n) is 4.06. The van der Waals surface area contributed by atoms with Gasteiger partial charge in [-0.2, -0.15) is 0 Å². The lowest BCUT2D eigenvalue weighted by molar-refractivity contribution is -0.130. The van der Waals surface area contributed by atoms with Crippen molar-refractivity contribution in [1.29, 1.82) is 0 Å². The van der Waals surface area contributed by atoms with E-state index in [-0.39, 0.29) is 23.8 Å². The highest BCUT2D eigenvalue weighted by atomic mass is 19.1. The first-order valence-electron chi connectivity index (χ1n) is 9.20. The molecule has 2 fully saturated rings. The van der Waals surface area contributed by atoms with Crippen LogP contribution in [-0.4, -0.2) is 67.2 Å². The molecule has 1 atom stereocenters. The van der Waals surface area contributed by atoms with Crippen LogP contribution in [0.3, 0.4) is 0 Å². The molecule has 3 aliphatic rings. The Morgan fingerprint density at radius 3 is 2.69 bits per heavy atom. The summed E-state index contributed by atoms with van der Waals surface area (Å²) in [6.07, 6.45) is 1.76. The largest absolute Gasteiger partial charge is 0.486 e. The van der Waals surface area contributed by atoms with Gasteiger partial charge < -0.3 is 19.3 Å². The average molecular weight is 362 g/mol. The molecular weight excluding hydrogens is 339 g/mol. The maximum absolute atomic E-state index is 12.9. The van der Waals surface area contributed by atoms with Crippen LogP contribution >= 0.6 is 0 Å². The second kappa shape index (κ2) is 7.13. The first kappa shape index (κ1) is 17.1. The van der Waals surface area contributed by atoms with Gasteiger partial charge in [0.2, 0.25) is 5.91 Å². The number of para-hydroxylation sites is 1. The number of piperidine rings is 1. The van der Waals surface area contributed by atoms with Crippen LogP contribution in [0.5, 0.6) is 11.5 Å². The van der Waals surface area contributed by atoms with E-state index in [1.807, 2.05) is 4.90 Å². The van der Waals surface area contributed by atoms with Crippen molar-refractivity contribution in [2.24, 2.45) is 5.92 Å². The van der Waals surface area contributed by atoms with Crippen LogP contribution in [0.4, 0.5) is 4.39 Å². The SMILES string of the molecule is O=C(c1cccc2c1OCCO2)N1CCC(N2CC(CF)CC2=O)CC1. The molecule has 6 nitrogen and oxygen atoms in total. The van der Waals surface area contributed by atoms with Crippen LogP contribution in [-0.2, 0) is 4.79 Å². The monoisotopic (exact) mass is 362 g/mol. The smallest absolute Gasteiger partial charge is 0.257 e. The fraction of sp³-hybridized carbons (Fsp3) is 0.579. The summed E-state index contributed by atoms with van der Waals surface area (Å²) in [5, 5.41) is 0. The minimum absolute atomic E-state index is 0.0418. The van der Waals surface area contributed by atoms with E-state index in [4.69, 9.17) is 9.47 Å². The minimum Gasteiger partial charge on any atom is -0.486 e. The molecule has 140 valence electrons. The van der Waals surface area contributed by atoms with Gasteiger partial charge in [0.15, 0.2) is 11.5 Å². The number of benzene rings is 1. The fourth-order valence-corrected chi connectivity index (χ4v) is 4.06. The number of likely N-dealkylation sites (tertiary alicyclic amines) is 2. The van der Waals surface area contributed by atoms with Crippen molar-refractivity contribution in [2.75, 3.05) is 39.5 Å². The van der Waals surface area contributed by atoms with Gasteiger partial charge >= 0.3 is 0 Å². The van der Waals surface area contributed by atoms with Crippen LogP contribution in [0.25, 0.3) is 0 Å². The molecule has 4 rings (SSSR count). The predicted molar refractivity (Wildman–Crippen MR) is 92.2 cm³/mol. The molecule has 0 radical (unpaired) electrons. The Morgan fingerprint density at radius 2 is 1.96 bits per heavy atom. The van der Waals surface area contributed by atoms with Gasteiger partial charge in [0.05, 0.1) is 12.2 Å². The Balaban J connectivity index is 1.41. The summed E-state index contributed by atoms with van der Waals surface area (Å²) in [6.45, 7) is 2.15. The van der Waals surface area contributed by atoms with Gasteiger partial charge in [-0.1, -0.05) is 6.07 Å². The third kappa shape index (κ3) is 3.10. The second-order valence-corrected chi connectivity index (χ2v) is 7.12. The first-order valence-corrected chi connectivity index (χ1v) is 9.20. The van der Waals surface area contributed by atoms with E-state index in [1.165, 1.54) is 0 Å². The van der Waals surface area contributed by atoms with Crippen LogP contribution in [0, 0.1) is 5.92 Å². The molecule has 0 N–H and O–H groups in total. The van der Waals surface area contributed by atoms with Gasteiger partial charge in [-0.3, -0.25) is 14.0 Å². The maximum atomic E-state index is 12.9. The minimum atomic E-state index is -0.444. The van der Waals surface area contributed by atoms with Crippen molar-refractivity contribution >= 4 is 11.8 Å². The molecule has 2 saturated heterocycles. The molecule has 1 aromatic rings. The predicted octanol–water partition coefficient (Wildman–Crippen LogP) is 1.88. The van der Waals surface area contributed by atoms with Gasteiger partial charge in [0.25, 0.3) is 5.91 Å². The van der Waals surface area contributed by atoms with E-state index in [1.54, 1.807) is 23.1 Å². The molecule has 7 heteroatoms. The third-order valence-electron chi connectivity index (χ3n) is 5.45. The lowest BCUT2D eigenvalue weighted by atomic mass is 10.0. The number of amides is 2. The number of ether oxygens (including phenoxy) is 2. The third-order valence-corrected chi connectivity index (χ3v) is 5.45. The van der Waals surface area contributed by atoms with Crippen molar-refractivity contribution in [1.82, 2.24) is 9.80 Å². The Hall–Kier alpha value is -2.31. The number of carbonyl (C=O) groups is 2. The zero-order chi connectivity index (χ0) is 18.1. The topological polar surface area (TPSA) is 59.1 Å². The number of hydrogen-bond acceptors (Lipinski definition) is 4. The van der Waals surface area contributed by atoms with Crippen LogP contribution in [0.2, 0.25) is 0 Å². The average Bonchev–Trinajstić information content (AvgIpc) is 3.08. The number of alkyl halides is 1. The van der Waals surface area contributed by atoms with E-state index in [0.717, 1.165) is 12.8 Å². The van der Waals surface area contributed by atoms with Gasteiger partial charge in [0, 0.05) is 38.0 Å². The quantitative estimate of drug-likeness (QED) is 0.824. The van der Waals surface area contributed by atoms with Crippen molar-refractivity contribution < 1.29 is 23.5 Å². The molecule has 26 heavy (non-hydrogen) atoms. The summed E-state index contributed by atoms with van der Waals surface area (Å²) >= 11 is 0. The molecule has 0 aliphatic carbocycles. The van der Waals surface area contributed by atoms with Crippen LogP contribution in [0.15, 0.2) is 18.2 Å². The zero-order valence-electron chi connectivity index (χ0n) is 14.7. The van der Waals surface area contributed by atoms with Gasteiger partial charge in [0.1, 0.15) is 13.2 Å². The normalized spacial score (nSPS) is 23.4. The second-order valence-electron chi connectivity index (χ2n) is 7.12.